The summed E-state index contributed by atoms with van der Waals surface area (Å²) in [6, 6.07) is -0.00208. The maximum absolute atomic E-state index is 11.6. The van der Waals surface area contributed by atoms with Gasteiger partial charge in [-0.25, -0.2) is 0 Å². The Hall–Kier alpha value is -0.610. The maximum Gasteiger partial charge on any atom is 0.236 e. The van der Waals surface area contributed by atoms with E-state index < -0.39 is 0 Å². The molecular formula is C12H27N3O. The number of nitrogens with two attached hydrogens (primary N) is 1. The van der Waals surface area contributed by atoms with Crippen LogP contribution in [-0.2, 0) is 4.79 Å². The molecule has 1 amide bonds. The van der Waals surface area contributed by atoms with E-state index in [1.807, 2.05) is 21.0 Å². The average molecular weight is 229 g/mol. The summed E-state index contributed by atoms with van der Waals surface area (Å²) in [7, 11) is 4.06. The van der Waals surface area contributed by atoms with E-state index in [9.17, 15) is 4.79 Å². The van der Waals surface area contributed by atoms with Crippen molar-refractivity contribution in [1.82, 2.24) is 10.2 Å². The lowest BCUT2D eigenvalue weighted by molar-refractivity contribution is -0.122. The molecule has 0 fully saturated rings. The van der Waals surface area contributed by atoms with E-state index in [4.69, 9.17) is 5.73 Å². The molecule has 0 aliphatic carbocycles. The van der Waals surface area contributed by atoms with Gasteiger partial charge in [0.15, 0.2) is 0 Å². The number of carbonyl (C=O) groups is 1. The zero-order valence-electron chi connectivity index (χ0n) is 11.3. The van der Waals surface area contributed by atoms with Crippen LogP contribution in [0.3, 0.4) is 0 Å². The van der Waals surface area contributed by atoms with Crippen molar-refractivity contribution in [1.29, 1.82) is 0 Å². The Morgan fingerprint density at radius 2 is 1.94 bits per heavy atom. The van der Waals surface area contributed by atoms with Crippen molar-refractivity contribution in [2.45, 2.75) is 45.7 Å². The predicted octanol–water partition coefficient (Wildman–Crippen LogP) is 0.816. The first-order chi connectivity index (χ1) is 7.40. The second kappa shape index (κ2) is 7.63. The molecule has 0 aliphatic heterocycles. The van der Waals surface area contributed by atoms with Crippen molar-refractivity contribution in [2.75, 3.05) is 20.6 Å². The van der Waals surface area contributed by atoms with Crippen LogP contribution in [0.2, 0.25) is 0 Å². The first kappa shape index (κ1) is 15.4. The van der Waals surface area contributed by atoms with Crippen molar-refractivity contribution in [3.8, 4) is 0 Å². The molecule has 4 heteroatoms. The number of nitrogens with zero attached hydrogens (tertiary/aromatic N) is 1. The smallest absolute Gasteiger partial charge is 0.236 e. The summed E-state index contributed by atoms with van der Waals surface area (Å²) >= 11 is 0. The molecule has 2 unspecified atom stereocenters. The van der Waals surface area contributed by atoms with Gasteiger partial charge in [-0.15, -0.1) is 0 Å². The molecule has 16 heavy (non-hydrogen) atoms. The summed E-state index contributed by atoms with van der Waals surface area (Å²) in [5, 5.41) is 2.92. The third-order valence-corrected chi connectivity index (χ3v) is 2.85. The Morgan fingerprint density at radius 1 is 1.38 bits per heavy atom. The van der Waals surface area contributed by atoms with E-state index in [-0.39, 0.29) is 11.9 Å². The Kier molecular flexibility index (Phi) is 7.34. The van der Waals surface area contributed by atoms with Crippen molar-refractivity contribution in [2.24, 2.45) is 11.7 Å². The first-order valence-corrected chi connectivity index (χ1v) is 6.09. The highest BCUT2D eigenvalue weighted by Crippen LogP contribution is 2.06. The van der Waals surface area contributed by atoms with Gasteiger partial charge >= 0.3 is 0 Å². The highest BCUT2D eigenvalue weighted by atomic mass is 16.2. The molecular weight excluding hydrogens is 202 g/mol. The van der Waals surface area contributed by atoms with Crippen molar-refractivity contribution in [3.05, 3.63) is 0 Å². The van der Waals surface area contributed by atoms with Gasteiger partial charge in [0.05, 0.1) is 6.04 Å². The van der Waals surface area contributed by atoms with E-state index in [2.05, 4.69) is 24.1 Å². The molecule has 0 aliphatic rings. The number of amides is 1. The molecule has 4 nitrogen and oxygen atoms in total. The van der Waals surface area contributed by atoms with E-state index in [0.717, 1.165) is 12.8 Å². The van der Waals surface area contributed by atoms with E-state index >= 15 is 0 Å². The van der Waals surface area contributed by atoms with Crippen LogP contribution in [-0.4, -0.2) is 43.5 Å². The van der Waals surface area contributed by atoms with E-state index in [1.54, 1.807) is 0 Å². The largest absolute Gasteiger partial charge is 0.353 e. The number of hydrogen-bond acceptors (Lipinski definition) is 3. The SMILES string of the molecule is CCCC(N)C(=O)NCC(C(C)C)N(C)C. The van der Waals surface area contributed by atoms with Crippen molar-refractivity contribution in [3.63, 3.8) is 0 Å². The van der Waals surface area contributed by atoms with Gasteiger partial charge in [-0.3, -0.25) is 4.79 Å². The maximum atomic E-state index is 11.6. The molecule has 0 aromatic carbocycles. The van der Waals surface area contributed by atoms with Gasteiger partial charge in [-0.05, 0) is 26.4 Å². The normalized spacial score (nSPS) is 15.2. The molecule has 2 atom stereocenters. The average Bonchev–Trinajstić information content (AvgIpc) is 2.16. The highest BCUT2D eigenvalue weighted by molar-refractivity contribution is 5.81. The third kappa shape index (κ3) is 5.47. The van der Waals surface area contributed by atoms with Gasteiger partial charge in [0.2, 0.25) is 5.91 Å². The second-order valence-electron chi connectivity index (χ2n) is 4.92. The van der Waals surface area contributed by atoms with Gasteiger partial charge in [-0.2, -0.15) is 0 Å². The number of nitrogens with one attached hydrogen (secondary N) is 1. The number of hydrogen-bond donors (Lipinski definition) is 2. The lowest BCUT2D eigenvalue weighted by atomic mass is 10.0. The summed E-state index contributed by atoms with van der Waals surface area (Å²) in [5.41, 5.74) is 5.74. The Bertz CT molecular complexity index is 196. The minimum Gasteiger partial charge on any atom is -0.353 e. The fraction of sp³-hybridized carbons (Fsp3) is 0.917. The summed E-state index contributed by atoms with van der Waals surface area (Å²) in [6.07, 6.45) is 1.69. The predicted molar refractivity (Wildman–Crippen MR) is 68.2 cm³/mol. The second-order valence-corrected chi connectivity index (χ2v) is 4.92. The molecule has 0 saturated heterocycles. The van der Waals surface area contributed by atoms with Gasteiger partial charge in [0.25, 0.3) is 0 Å². The van der Waals surface area contributed by atoms with Gasteiger partial charge in [0.1, 0.15) is 0 Å². The van der Waals surface area contributed by atoms with Gasteiger partial charge < -0.3 is 16.0 Å². The number of carbonyl (C=O) groups excluding carboxylic acids is 1. The third-order valence-electron chi connectivity index (χ3n) is 2.85. The fourth-order valence-corrected chi connectivity index (χ4v) is 1.79. The molecule has 0 saturated carbocycles. The monoisotopic (exact) mass is 229 g/mol. The molecule has 3 N–H and O–H groups in total. The zero-order valence-corrected chi connectivity index (χ0v) is 11.3. The topological polar surface area (TPSA) is 58.4 Å². The van der Waals surface area contributed by atoms with Crippen LogP contribution in [0.4, 0.5) is 0 Å². The Balaban J connectivity index is 4.06. The molecule has 96 valence electrons. The molecule has 0 aromatic heterocycles. The van der Waals surface area contributed by atoms with Crippen molar-refractivity contribution < 1.29 is 4.79 Å². The first-order valence-electron chi connectivity index (χ1n) is 6.09. The number of likely N-dealkylation sites (N-methyl/N-ethyl adjacent to an activating group) is 1. The van der Waals surface area contributed by atoms with Crippen LogP contribution >= 0.6 is 0 Å². The van der Waals surface area contributed by atoms with Gasteiger partial charge in [0, 0.05) is 12.6 Å². The van der Waals surface area contributed by atoms with Crippen LogP contribution in [0.1, 0.15) is 33.6 Å². The van der Waals surface area contributed by atoms with Gasteiger partial charge in [-0.1, -0.05) is 27.2 Å². The van der Waals surface area contributed by atoms with E-state index in [1.165, 1.54) is 0 Å². The molecule has 0 aromatic rings. The Morgan fingerprint density at radius 3 is 2.31 bits per heavy atom. The van der Waals surface area contributed by atoms with Crippen LogP contribution in [0.5, 0.6) is 0 Å². The van der Waals surface area contributed by atoms with Crippen LogP contribution in [0.15, 0.2) is 0 Å². The van der Waals surface area contributed by atoms with Crippen LogP contribution in [0.25, 0.3) is 0 Å². The summed E-state index contributed by atoms with van der Waals surface area (Å²) in [6.45, 7) is 7.01. The van der Waals surface area contributed by atoms with E-state index in [0.29, 0.717) is 18.5 Å². The lowest BCUT2D eigenvalue weighted by Gasteiger charge is -2.28. The molecule has 0 rings (SSSR count). The minimum atomic E-state index is -0.361. The molecule has 0 spiro atoms. The lowest BCUT2D eigenvalue weighted by Crippen LogP contribution is -2.48. The van der Waals surface area contributed by atoms with Crippen LogP contribution in [0, 0.1) is 5.92 Å². The quantitative estimate of drug-likeness (QED) is 0.679. The van der Waals surface area contributed by atoms with Crippen molar-refractivity contribution >= 4 is 5.91 Å². The fourth-order valence-electron chi connectivity index (χ4n) is 1.79. The zero-order chi connectivity index (χ0) is 12.7. The number of rotatable bonds is 7. The highest BCUT2D eigenvalue weighted by Gasteiger charge is 2.18. The minimum absolute atomic E-state index is 0.0330. The van der Waals surface area contributed by atoms with Crippen LogP contribution < -0.4 is 11.1 Å². The summed E-state index contributed by atoms with van der Waals surface area (Å²) < 4.78 is 0. The summed E-state index contributed by atoms with van der Waals surface area (Å²) in [5.74, 6) is 0.479. The molecule has 0 radical (unpaired) electrons. The molecule has 0 bridgehead atoms. The Labute approximate surface area is 99.6 Å². The summed E-state index contributed by atoms with van der Waals surface area (Å²) in [4.78, 5) is 13.8. The molecule has 0 heterocycles. The standard InChI is InChI=1S/C12H27N3O/c1-6-7-10(13)12(16)14-8-11(9(2)3)15(4)5/h9-11H,6-8,13H2,1-5H3,(H,14,16).